The monoisotopic (exact) mass is 280 g/mol. The van der Waals surface area contributed by atoms with E-state index in [1.165, 1.54) is 42.5 Å². The number of rotatable bonds is 3. The molecule has 0 spiro atoms. The van der Waals surface area contributed by atoms with Crippen LogP contribution in [0.3, 0.4) is 0 Å². The molecule has 2 aromatic rings. The van der Waals surface area contributed by atoms with E-state index in [-0.39, 0.29) is 0 Å². The van der Waals surface area contributed by atoms with Crippen LogP contribution in [0.25, 0.3) is 11.1 Å². The Bertz CT molecular complexity index is 616. The van der Waals surface area contributed by atoms with Crippen molar-refractivity contribution in [2.24, 2.45) is 0 Å². The molecule has 4 rings (SSSR count). The zero-order valence-electron chi connectivity index (χ0n) is 12.1. The molecule has 1 aliphatic carbocycles. The van der Waals surface area contributed by atoms with Crippen molar-refractivity contribution in [1.82, 2.24) is 20.3 Å². The van der Waals surface area contributed by atoms with Gasteiger partial charge in [-0.3, -0.25) is 4.98 Å². The minimum absolute atomic E-state index is 0.502. The average molecular weight is 280 g/mol. The van der Waals surface area contributed by atoms with Crippen molar-refractivity contribution in [3.05, 3.63) is 42.2 Å². The van der Waals surface area contributed by atoms with Gasteiger partial charge in [-0.05, 0) is 49.9 Å². The molecule has 1 saturated heterocycles. The second kappa shape index (κ2) is 5.53. The summed E-state index contributed by atoms with van der Waals surface area (Å²) in [5, 5.41) is 3.50. The lowest BCUT2D eigenvalue weighted by molar-refractivity contribution is 0.454. The molecule has 4 heteroatoms. The SMILES string of the molecule is c1cc(-c2cnc(C3CC3)nc2[C@@H]2CCCNC2)ccn1. The van der Waals surface area contributed by atoms with Gasteiger partial charge in [0.25, 0.3) is 0 Å². The van der Waals surface area contributed by atoms with Crippen LogP contribution in [0.15, 0.2) is 30.7 Å². The molecule has 2 aliphatic rings. The van der Waals surface area contributed by atoms with Crippen LogP contribution in [-0.4, -0.2) is 28.0 Å². The standard InChI is InChI=1S/C17H20N4/c1-2-14(10-19-7-1)16-15(12-5-8-18-9-6-12)11-20-17(21-16)13-3-4-13/h5-6,8-9,11,13-14,19H,1-4,7,10H2/t14-/m1/s1. The first-order chi connectivity index (χ1) is 10.4. The Morgan fingerprint density at radius 3 is 2.62 bits per heavy atom. The molecule has 0 unspecified atom stereocenters. The van der Waals surface area contributed by atoms with Crippen LogP contribution in [0, 0.1) is 0 Å². The van der Waals surface area contributed by atoms with Gasteiger partial charge in [-0.15, -0.1) is 0 Å². The molecule has 4 nitrogen and oxygen atoms in total. The van der Waals surface area contributed by atoms with Crippen LogP contribution in [0.2, 0.25) is 0 Å². The molecule has 3 heterocycles. The molecule has 0 radical (unpaired) electrons. The summed E-state index contributed by atoms with van der Waals surface area (Å²) in [4.78, 5) is 13.7. The third kappa shape index (κ3) is 2.68. The molecular weight excluding hydrogens is 260 g/mol. The van der Waals surface area contributed by atoms with Gasteiger partial charge in [0, 0.05) is 42.5 Å². The predicted molar refractivity (Wildman–Crippen MR) is 82.1 cm³/mol. The molecule has 1 N–H and O–H groups in total. The molecule has 2 fully saturated rings. The van der Waals surface area contributed by atoms with Crippen molar-refractivity contribution >= 4 is 0 Å². The lowest BCUT2D eigenvalue weighted by Crippen LogP contribution is -2.29. The molecule has 1 saturated carbocycles. The first-order valence-corrected chi connectivity index (χ1v) is 7.90. The van der Waals surface area contributed by atoms with Crippen LogP contribution >= 0.6 is 0 Å². The maximum Gasteiger partial charge on any atom is 0.131 e. The van der Waals surface area contributed by atoms with Gasteiger partial charge in [0.05, 0.1) is 5.69 Å². The van der Waals surface area contributed by atoms with Crippen LogP contribution in [0.5, 0.6) is 0 Å². The van der Waals surface area contributed by atoms with E-state index in [4.69, 9.17) is 4.98 Å². The fraction of sp³-hybridized carbons (Fsp3) is 0.471. The van der Waals surface area contributed by atoms with Crippen molar-refractivity contribution < 1.29 is 0 Å². The van der Waals surface area contributed by atoms with Gasteiger partial charge in [0.2, 0.25) is 0 Å². The molecule has 108 valence electrons. The summed E-state index contributed by atoms with van der Waals surface area (Å²) in [6, 6.07) is 4.10. The van der Waals surface area contributed by atoms with E-state index in [0.717, 1.165) is 18.9 Å². The van der Waals surface area contributed by atoms with E-state index in [9.17, 15) is 0 Å². The molecule has 1 aliphatic heterocycles. The zero-order chi connectivity index (χ0) is 14.1. The second-order valence-corrected chi connectivity index (χ2v) is 6.08. The fourth-order valence-electron chi connectivity index (χ4n) is 3.10. The molecule has 0 bridgehead atoms. The number of aromatic nitrogens is 3. The summed E-state index contributed by atoms with van der Waals surface area (Å²) in [5.41, 5.74) is 3.58. The minimum atomic E-state index is 0.502. The highest BCUT2D eigenvalue weighted by atomic mass is 14.9. The van der Waals surface area contributed by atoms with Gasteiger partial charge < -0.3 is 5.32 Å². The van der Waals surface area contributed by atoms with Crippen molar-refractivity contribution in [3.8, 4) is 11.1 Å². The summed E-state index contributed by atoms with van der Waals surface area (Å²) in [6.07, 6.45) is 10.6. The van der Waals surface area contributed by atoms with Gasteiger partial charge in [-0.25, -0.2) is 9.97 Å². The lowest BCUT2D eigenvalue weighted by atomic mass is 9.91. The van der Waals surface area contributed by atoms with Crippen LogP contribution in [0.1, 0.15) is 49.0 Å². The van der Waals surface area contributed by atoms with Crippen molar-refractivity contribution in [2.45, 2.75) is 37.5 Å². The summed E-state index contributed by atoms with van der Waals surface area (Å²) >= 11 is 0. The topological polar surface area (TPSA) is 50.7 Å². The molecular formula is C17H20N4. The Morgan fingerprint density at radius 1 is 1.05 bits per heavy atom. The largest absolute Gasteiger partial charge is 0.316 e. The maximum absolute atomic E-state index is 4.96. The summed E-state index contributed by atoms with van der Waals surface area (Å²) in [5.74, 6) is 2.16. The number of nitrogens with zero attached hydrogens (tertiary/aromatic N) is 3. The quantitative estimate of drug-likeness (QED) is 0.939. The van der Waals surface area contributed by atoms with E-state index in [1.54, 1.807) is 0 Å². The predicted octanol–water partition coefficient (Wildman–Crippen LogP) is 2.88. The molecule has 0 aromatic carbocycles. The van der Waals surface area contributed by atoms with E-state index >= 15 is 0 Å². The highest BCUT2D eigenvalue weighted by molar-refractivity contribution is 5.65. The van der Waals surface area contributed by atoms with E-state index in [2.05, 4.69) is 27.4 Å². The third-order valence-corrected chi connectivity index (χ3v) is 4.45. The molecule has 2 aromatic heterocycles. The van der Waals surface area contributed by atoms with Gasteiger partial charge in [-0.2, -0.15) is 0 Å². The van der Waals surface area contributed by atoms with Gasteiger partial charge in [0.15, 0.2) is 0 Å². The molecule has 0 amide bonds. The van der Waals surface area contributed by atoms with Gasteiger partial charge >= 0.3 is 0 Å². The average Bonchev–Trinajstić information content (AvgIpc) is 3.41. The number of hydrogen-bond acceptors (Lipinski definition) is 4. The minimum Gasteiger partial charge on any atom is -0.316 e. The first-order valence-electron chi connectivity index (χ1n) is 7.90. The maximum atomic E-state index is 4.96. The highest BCUT2D eigenvalue weighted by Gasteiger charge is 2.29. The Kier molecular flexibility index (Phi) is 3.39. The summed E-state index contributed by atoms with van der Waals surface area (Å²) in [6.45, 7) is 2.15. The fourth-order valence-corrected chi connectivity index (χ4v) is 3.10. The van der Waals surface area contributed by atoms with Crippen LogP contribution in [-0.2, 0) is 0 Å². The smallest absolute Gasteiger partial charge is 0.131 e. The molecule has 1 atom stereocenters. The lowest BCUT2D eigenvalue weighted by Gasteiger charge is -2.24. The van der Waals surface area contributed by atoms with Crippen LogP contribution in [0.4, 0.5) is 0 Å². The van der Waals surface area contributed by atoms with E-state index in [0.29, 0.717) is 11.8 Å². The number of nitrogens with one attached hydrogen (secondary N) is 1. The zero-order valence-corrected chi connectivity index (χ0v) is 12.1. The van der Waals surface area contributed by atoms with Gasteiger partial charge in [0.1, 0.15) is 5.82 Å². The Hall–Kier alpha value is -1.81. The second-order valence-electron chi connectivity index (χ2n) is 6.08. The third-order valence-electron chi connectivity index (χ3n) is 4.45. The van der Waals surface area contributed by atoms with Crippen molar-refractivity contribution in [2.75, 3.05) is 13.1 Å². The van der Waals surface area contributed by atoms with E-state index in [1.807, 2.05) is 18.6 Å². The number of hydrogen-bond donors (Lipinski definition) is 1. The summed E-state index contributed by atoms with van der Waals surface area (Å²) in [7, 11) is 0. The van der Waals surface area contributed by atoms with Crippen molar-refractivity contribution in [3.63, 3.8) is 0 Å². The normalized spacial score (nSPS) is 22.2. The Balaban J connectivity index is 1.77. The number of piperidine rings is 1. The van der Waals surface area contributed by atoms with Crippen molar-refractivity contribution in [1.29, 1.82) is 0 Å². The van der Waals surface area contributed by atoms with E-state index < -0.39 is 0 Å². The highest BCUT2D eigenvalue weighted by Crippen LogP contribution is 2.40. The number of pyridine rings is 1. The van der Waals surface area contributed by atoms with Gasteiger partial charge in [-0.1, -0.05) is 0 Å². The first kappa shape index (κ1) is 12.9. The Morgan fingerprint density at radius 2 is 1.90 bits per heavy atom. The molecule has 21 heavy (non-hydrogen) atoms. The van der Waals surface area contributed by atoms with Crippen LogP contribution < -0.4 is 5.32 Å². The Labute approximate surface area is 125 Å². The summed E-state index contributed by atoms with van der Waals surface area (Å²) < 4.78 is 0.